The van der Waals surface area contributed by atoms with Crippen molar-refractivity contribution in [2.45, 2.75) is 26.7 Å². The average Bonchev–Trinajstić information content (AvgIpc) is 3.03. The molecule has 0 unspecified atom stereocenters. The molecule has 2 heterocycles. The van der Waals surface area contributed by atoms with Gasteiger partial charge in [-0.25, -0.2) is 9.97 Å². The molecule has 4 aromatic rings. The first kappa shape index (κ1) is 17.0. The first-order valence-electron chi connectivity index (χ1n) is 8.89. The van der Waals surface area contributed by atoms with Crippen molar-refractivity contribution in [1.29, 1.82) is 0 Å². The van der Waals surface area contributed by atoms with E-state index in [1.807, 2.05) is 47.0 Å². The van der Waals surface area contributed by atoms with Crippen LogP contribution in [0.2, 0.25) is 0 Å². The van der Waals surface area contributed by atoms with E-state index in [9.17, 15) is 4.79 Å². The number of benzene rings is 2. The summed E-state index contributed by atoms with van der Waals surface area (Å²) in [5.74, 6) is 1.51. The predicted molar refractivity (Wildman–Crippen MR) is 109 cm³/mol. The van der Waals surface area contributed by atoms with Gasteiger partial charge in [0.1, 0.15) is 22.9 Å². The van der Waals surface area contributed by atoms with Crippen LogP contribution in [0.25, 0.3) is 27.5 Å². The lowest BCUT2D eigenvalue weighted by molar-refractivity contribution is -0.114. The summed E-state index contributed by atoms with van der Waals surface area (Å²) in [5.41, 5.74) is 9.56. The van der Waals surface area contributed by atoms with Crippen molar-refractivity contribution < 1.29 is 4.79 Å². The number of amides is 1. The van der Waals surface area contributed by atoms with Gasteiger partial charge in [-0.15, -0.1) is 0 Å². The van der Waals surface area contributed by atoms with Crippen molar-refractivity contribution in [3.8, 4) is 11.3 Å². The van der Waals surface area contributed by atoms with Gasteiger partial charge in [0.25, 0.3) is 0 Å². The second-order valence-corrected chi connectivity index (χ2v) is 6.89. The molecule has 2 aromatic carbocycles. The highest BCUT2D eigenvalue weighted by Gasteiger charge is 2.19. The van der Waals surface area contributed by atoms with Crippen LogP contribution in [-0.2, 0) is 4.79 Å². The quantitative estimate of drug-likeness (QED) is 0.574. The highest BCUT2D eigenvalue weighted by molar-refractivity contribution is 6.08. The Morgan fingerprint density at radius 2 is 1.89 bits per heavy atom. The lowest BCUT2D eigenvalue weighted by atomic mass is 10.00. The summed E-state index contributed by atoms with van der Waals surface area (Å²) in [4.78, 5) is 20.7. The van der Waals surface area contributed by atoms with Crippen LogP contribution in [-0.4, -0.2) is 20.3 Å². The van der Waals surface area contributed by atoms with Crippen molar-refractivity contribution in [3.05, 3.63) is 54.6 Å². The molecule has 0 atom stereocenters. The van der Waals surface area contributed by atoms with Crippen LogP contribution in [0.1, 0.15) is 32.5 Å². The number of carbonyl (C=O) groups is 1. The second kappa shape index (κ2) is 6.39. The van der Waals surface area contributed by atoms with Crippen molar-refractivity contribution in [3.63, 3.8) is 0 Å². The topological polar surface area (TPSA) is 85.3 Å². The zero-order valence-electron chi connectivity index (χ0n) is 15.5. The molecule has 0 radical (unpaired) electrons. The van der Waals surface area contributed by atoms with Crippen LogP contribution < -0.4 is 11.1 Å². The summed E-state index contributed by atoms with van der Waals surface area (Å²) < 4.78 is 2.01. The molecular formula is C21H21N5O. The van der Waals surface area contributed by atoms with Gasteiger partial charge in [-0.3, -0.25) is 9.20 Å². The molecule has 0 aliphatic heterocycles. The minimum absolute atomic E-state index is 0.101. The number of fused-ring (bicyclic) bond motifs is 2. The summed E-state index contributed by atoms with van der Waals surface area (Å²) in [6.07, 6.45) is 3.59. The molecule has 136 valence electrons. The van der Waals surface area contributed by atoms with E-state index in [-0.39, 0.29) is 11.8 Å². The van der Waals surface area contributed by atoms with E-state index in [0.717, 1.165) is 39.1 Å². The summed E-state index contributed by atoms with van der Waals surface area (Å²) in [7, 11) is 0. The van der Waals surface area contributed by atoms with E-state index in [1.54, 1.807) is 6.20 Å². The second-order valence-electron chi connectivity index (χ2n) is 6.89. The Hall–Kier alpha value is -3.41. The van der Waals surface area contributed by atoms with Gasteiger partial charge >= 0.3 is 0 Å². The Morgan fingerprint density at radius 1 is 1.15 bits per heavy atom. The number of nitrogens with two attached hydrogens (primary N) is 1. The van der Waals surface area contributed by atoms with Gasteiger partial charge in [0, 0.05) is 41.9 Å². The molecule has 6 heteroatoms. The Bertz CT molecular complexity index is 1180. The Kier molecular flexibility index (Phi) is 4.03. The molecule has 0 saturated heterocycles. The molecule has 0 bridgehead atoms. The third-order valence-corrected chi connectivity index (χ3v) is 4.62. The number of nitrogens with zero attached hydrogens (tertiary/aromatic N) is 3. The van der Waals surface area contributed by atoms with Crippen LogP contribution in [0, 0.1) is 0 Å². The third kappa shape index (κ3) is 2.79. The number of nitrogens with one attached hydrogen (secondary N) is 1. The molecule has 0 aliphatic carbocycles. The minimum atomic E-state index is -0.101. The fourth-order valence-corrected chi connectivity index (χ4v) is 3.49. The van der Waals surface area contributed by atoms with Crippen LogP contribution in [0.15, 0.2) is 48.8 Å². The van der Waals surface area contributed by atoms with E-state index in [2.05, 4.69) is 24.1 Å². The Labute approximate surface area is 157 Å². The van der Waals surface area contributed by atoms with Crippen molar-refractivity contribution in [1.82, 2.24) is 14.4 Å². The van der Waals surface area contributed by atoms with E-state index in [4.69, 9.17) is 10.7 Å². The van der Waals surface area contributed by atoms with Crippen molar-refractivity contribution >= 4 is 33.7 Å². The highest BCUT2D eigenvalue weighted by atomic mass is 16.1. The molecule has 4 rings (SSSR count). The van der Waals surface area contributed by atoms with Crippen LogP contribution in [0.3, 0.4) is 0 Å². The average molecular weight is 359 g/mol. The molecule has 1 amide bonds. The number of imidazole rings is 1. The summed E-state index contributed by atoms with van der Waals surface area (Å²) in [6.45, 7) is 5.72. The Balaban J connectivity index is 2.06. The molecule has 0 saturated carbocycles. The van der Waals surface area contributed by atoms with Gasteiger partial charge in [0.15, 0.2) is 0 Å². The number of aromatic nitrogens is 3. The molecule has 27 heavy (non-hydrogen) atoms. The normalized spacial score (nSPS) is 11.4. The van der Waals surface area contributed by atoms with Crippen LogP contribution in [0.4, 0.5) is 11.5 Å². The number of rotatable bonds is 3. The first-order valence-corrected chi connectivity index (χ1v) is 8.89. The van der Waals surface area contributed by atoms with Gasteiger partial charge in [0.05, 0.1) is 0 Å². The molecule has 0 aliphatic rings. The van der Waals surface area contributed by atoms with E-state index in [1.165, 1.54) is 6.92 Å². The summed E-state index contributed by atoms with van der Waals surface area (Å²) in [5, 5.41) is 4.86. The lowest BCUT2D eigenvalue weighted by Gasteiger charge is -2.11. The molecule has 2 aromatic heterocycles. The third-order valence-electron chi connectivity index (χ3n) is 4.62. The lowest BCUT2D eigenvalue weighted by Crippen LogP contribution is -2.06. The van der Waals surface area contributed by atoms with Crippen LogP contribution >= 0.6 is 0 Å². The fourth-order valence-electron chi connectivity index (χ4n) is 3.49. The molecule has 0 spiro atoms. The molecule has 0 fully saturated rings. The van der Waals surface area contributed by atoms with Gasteiger partial charge in [-0.2, -0.15) is 0 Å². The van der Waals surface area contributed by atoms with Gasteiger partial charge in [-0.05, 0) is 11.5 Å². The first-order chi connectivity index (χ1) is 13.0. The standard InChI is InChI=1S/C21H21N5O/c1-12(2)21-25-18(19-20(22)23-10-11-26(19)21)16-8-9-17(24-13(3)27)15-7-5-4-6-14(15)16/h4-12H,1-3H3,(H2,22,23)(H,24,27). The number of hydrogen-bond donors (Lipinski definition) is 2. The maximum absolute atomic E-state index is 11.6. The molecular weight excluding hydrogens is 338 g/mol. The summed E-state index contributed by atoms with van der Waals surface area (Å²) in [6, 6.07) is 11.8. The number of nitrogen functional groups attached to an aromatic ring is 1. The number of anilines is 2. The molecule has 3 N–H and O–H groups in total. The van der Waals surface area contributed by atoms with Crippen LogP contribution in [0.5, 0.6) is 0 Å². The van der Waals surface area contributed by atoms with E-state index >= 15 is 0 Å². The zero-order valence-corrected chi connectivity index (χ0v) is 15.5. The minimum Gasteiger partial charge on any atom is -0.382 e. The summed E-state index contributed by atoms with van der Waals surface area (Å²) >= 11 is 0. The maximum Gasteiger partial charge on any atom is 0.221 e. The van der Waals surface area contributed by atoms with Crippen molar-refractivity contribution in [2.75, 3.05) is 11.1 Å². The van der Waals surface area contributed by atoms with Gasteiger partial charge in [-0.1, -0.05) is 44.2 Å². The SMILES string of the molecule is CC(=O)Nc1ccc(-c2nc(C(C)C)n3ccnc(N)c23)c2ccccc12. The molecule has 6 nitrogen and oxygen atoms in total. The Morgan fingerprint density at radius 3 is 2.59 bits per heavy atom. The number of hydrogen-bond acceptors (Lipinski definition) is 4. The number of carbonyl (C=O) groups excluding carboxylic acids is 1. The smallest absolute Gasteiger partial charge is 0.221 e. The van der Waals surface area contributed by atoms with E-state index < -0.39 is 0 Å². The predicted octanol–water partition coefficient (Wildman–Crippen LogP) is 4.21. The van der Waals surface area contributed by atoms with Gasteiger partial charge in [0.2, 0.25) is 5.91 Å². The fraction of sp³-hybridized carbons (Fsp3) is 0.190. The zero-order chi connectivity index (χ0) is 19.1. The van der Waals surface area contributed by atoms with Crippen molar-refractivity contribution in [2.24, 2.45) is 0 Å². The largest absolute Gasteiger partial charge is 0.382 e. The monoisotopic (exact) mass is 359 g/mol. The van der Waals surface area contributed by atoms with Gasteiger partial charge < -0.3 is 11.1 Å². The maximum atomic E-state index is 11.6. The highest BCUT2D eigenvalue weighted by Crippen LogP contribution is 2.37. The van der Waals surface area contributed by atoms with E-state index in [0.29, 0.717) is 5.82 Å².